The van der Waals surface area contributed by atoms with Gasteiger partial charge in [-0.05, 0) is 30.5 Å². The van der Waals surface area contributed by atoms with Gasteiger partial charge >= 0.3 is 0 Å². The van der Waals surface area contributed by atoms with Gasteiger partial charge in [-0.3, -0.25) is 4.79 Å². The Bertz CT molecular complexity index is 898. The number of carbonyl (C=O) groups excluding carboxylic acids is 1. The van der Waals surface area contributed by atoms with Crippen LogP contribution in [0.2, 0.25) is 0 Å². The van der Waals surface area contributed by atoms with Gasteiger partial charge in [-0.1, -0.05) is 24.3 Å². The first-order chi connectivity index (χ1) is 11.7. The molecule has 1 aliphatic rings. The maximum atomic E-state index is 12.9. The summed E-state index contributed by atoms with van der Waals surface area (Å²) in [7, 11) is 0. The van der Waals surface area contributed by atoms with E-state index in [4.69, 9.17) is 0 Å². The van der Waals surface area contributed by atoms with Gasteiger partial charge in [0.15, 0.2) is 0 Å². The van der Waals surface area contributed by atoms with Gasteiger partial charge in [0, 0.05) is 16.3 Å². The molecule has 0 unspecified atom stereocenters. The Morgan fingerprint density at radius 1 is 1.25 bits per heavy atom. The van der Waals surface area contributed by atoms with Crippen molar-refractivity contribution in [2.24, 2.45) is 0 Å². The molecule has 0 aliphatic carbocycles. The van der Waals surface area contributed by atoms with E-state index in [1.807, 2.05) is 54.8 Å². The van der Waals surface area contributed by atoms with E-state index in [2.05, 4.69) is 20.7 Å². The van der Waals surface area contributed by atoms with Crippen molar-refractivity contribution in [1.29, 1.82) is 0 Å². The van der Waals surface area contributed by atoms with Crippen LogP contribution in [-0.2, 0) is 4.79 Å². The van der Waals surface area contributed by atoms with Crippen LogP contribution in [0.15, 0.2) is 65.4 Å². The molecule has 3 aromatic rings. The number of para-hydroxylation sites is 1. The average molecular weight is 337 g/mol. The molecule has 1 aliphatic heterocycles. The number of hydrogen-bond acceptors (Lipinski definition) is 5. The quantitative estimate of drug-likeness (QED) is 0.769. The van der Waals surface area contributed by atoms with Crippen molar-refractivity contribution in [2.75, 3.05) is 10.6 Å². The Morgan fingerprint density at radius 3 is 2.83 bits per heavy atom. The maximum absolute atomic E-state index is 12.9. The number of thiophene rings is 1. The second kappa shape index (κ2) is 5.93. The first-order valence-electron chi connectivity index (χ1n) is 7.51. The first-order valence-corrected chi connectivity index (χ1v) is 8.39. The SMILES string of the molecule is CC1=C(C(=O)Nc2ccccc2)[C@@H](c2cccs2)n2ncnc2N1. The van der Waals surface area contributed by atoms with E-state index < -0.39 is 0 Å². The maximum Gasteiger partial charge on any atom is 0.255 e. The molecule has 0 radical (unpaired) electrons. The fourth-order valence-electron chi connectivity index (χ4n) is 2.81. The summed E-state index contributed by atoms with van der Waals surface area (Å²) < 4.78 is 1.75. The lowest BCUT2D eigenvalue weighted by molar-refractivity contribution is -0.113. The molecule has 0 fully saturated rings. The van der Waals surface area contributed by atoms with Crippen LogP contribution in [0.5, 0.6) is 0 Å². The molecule has 3 heterocycles. The monoisotopic (exact) mass is 337 g/mol. The Balaban J connectivity index is 1.75. The highest BCUT2D eigenvalue weighted by molar-refractivity contribution is 7.10. The van der Waals surface area contributed by atoms with E-state index in [0.29, 0.717) is 11.5 Å². The minimum absolute atomic E-state index is 0.147. The highest BCUT2D eigenvalue weighted by Crippen LogP contribution is 2.36. The highest BCUT2D eigenvalue weighted by Gasteiger charge is 2.33. The number of nitrogens with one attached hydrogen (secondary N) is 2. The summed E-state index contributed by atoms with van der Waals surface area (Å²) in [6, 6.07) is 13.1. The largest absolute Gasteiger partial charge is 0.328 e. The summed E-state index contributed by atoms with van der Waals surface area (Å²) in [6.07, 6.45) is 1.49. The van der Waals surface area contributed by atoms with Crippen LogP contribution in [0.25, 0.3) is 0 Å². The number of fused-ring (bicyclic) bond motifs is 1. The van der Waals surface area contributed by atoms with Crippen molar-refractivity contribution in [3.05, 3.63) is 70.3 Å². The number of benzene rings is 1. The third-order valence-electron chi connectivity index (χ3n) is 3.88. The molecule has 120 valence electrons. The van der Waals surface area contributed by atoms with Gasteiger partial charge in [-0.2, -0.15) is 10.1 Å². The normalized spacial score (nSPS) is 16.5. The van der Waals surface area contributed by atoms with Gasteiger partial charge in [0.2, 0.25) is 5.95 Å². The highest BCUT2D eigenvalue weighted by atomic mass is 32.1. The molecule has 6 nitrogen and oxygen atoms in total. The standard InChI is InChI=1S/C17H15N5OS/c1-11-14(16(23)21-12-6-3-2-4-7-12)15(13-8-5-9-24-13)22-17(20-11)18-10-19-22/h2-10,15H,1H3,(H,21,23)(H,18,19,20)/t15-/m1/s1. The zero-order chi connectivity index (χ0) is 16.5. The minimum atomic E-state index is -0.285. The Kier molecular flexibility index (Phi) is 3.62. The van der Waals surface area contributed by atoms with Gasteiger partial charge in [0.05, 0.1) is 5.57 Å². The topological polar surface area (TPSA) is 71.8 Å². The van der Waals surface area contributed by atoms with Crippen LogP contribution >= 0.6 is 11.3 Å². The van der Waals surface area contributed by atoms with Crippen molar-refractivity contribution in [1.82, 2.24) is 14.8 Å². The third-order valence-corrected chi connectivity index (χ3v) is 4.81. The van der Waals surface area contributed by atoms with E-state index in [1.54, 1.807) is 16.0 Å². The number of nitrogens with zero attached hydrogens (tertiary/aromatic N) is 3. The average Bonchev–Trinajstić information content (AvgIpc) is 3.25. The minimum Gasteiger partial charge on any atom is -0.328 e. The summed E-state index contributed by atoms with van der Waals surface area (Å²) in [5.41, 5.74) is 2.18. The van der Waals surface area contributed by atoms with E-state index in [1.165, 1.54) is 6.33 Å². The fraction of sp³-hybridized carbons (Fsp3) is 0.118. The number of allylic oxidation sites excluding steroid dienone is 1. The molecular weight excluding hydrogens is 322 g/mol. The summed E-state index contributed by atoms with van der Waals surface area (Å²) >= 11 is 1.60. The Hall–Kier alpha value is -2.93. The molecule has 24 heavy (non-hydrogen) atoms. The number of aromatic nitrogens is 3. The van der Waals surface area contributed by atoms with Gasteiger partial charge in [0.1, 0.15) is 12.4 Å². The van der Waals surface area contributed by atoms with Crippen molar-refractivity contribution < 1.29 is 4.79 Å². The predicted octanol–water partition coefficient (Wildman–Crippen LogP) is 3.27. The molecule has 1 aromatic carbocycles. The number of hydrogen-bond donors (Lipinski definition) is 2. The molecule has 0 bridgehead atoms. The fourth-order valence-corrected chi connectivity index (χ4v) is 3.63. The van der Waals surface area contributed by atoms with Gasteiger partial charge in [-0.15, -0.1) is 11.3 Å². The lowest BCUT2D eigenvalue weighted by atomic mass is 10.0. The van der Waals surface area contributed by atoms with E-state index in [-0.39, 0.29) is 11.9 Å². The summed E-state index contributed by atoms with van der Waals surface area (Å²) in [5.74, 6) is 0.493. The van der Waals surface area contributed by atoms with Crippen molar-refractivity contribution >= 4 is 28.9 Å². The van der Waals surface area contributed by atoms with Crippen LogP contribution in [0.4, 0.5) is 11.6 Å². The first kappa shape index (κ1) is 14.6. The molecule has 1 atom stereocenters. The number of amides is 1. The lowest BCUT2D eigenvalue weighted by Crippen LogP contribution is -2.31. The van der Waals surface area contributed by atoms with Crippen molar-refractivity contribution in [2.45, 2.75) is 13.0 Å². The smallest absolute Gasteiger partial charge is 0.255 e. The zero-order valence-corrected chi connectivity index (χ0v) is 13.7. The van der Waals surface area contributed by atoms with Crippen LogP contribution < -0.4 is 10.6 Å². The van der Waals surface area contributed by atoms with E-state index in [9.17, 15) is 4.79 Å². The van der Waals surface area contributed by atoms with Gasteiger partial charge in [0.25, 0.3) is 5.91 Å². The second-order valence-electron chi connectivity index (χ2n) is 5.43. The summed E-state index contributed by atoms with van der Waals surface area (Å²) in [6.45, 7) is 1.89. The Labute approximate surface area is 142 Å². The van der Waals surface area contributed by atoms with Crippen LogP contribution in [0.1, 0.15) is 17.8 Å². The molecule has 0 saturated carbocycles. The zero-order valence-electron chi connectivity index (χ0n) is 12.9. The molecular formula is C17H15N5OS. The number of anilines is 2. The van der Waals surface area contributed by atoms with E-state index >= 15 is 0 Å². The van der Waals surface area contributed by atoms with Crippen molar-refractivity contribution in [3.8, 4) is 0 Å². The molecule has 7 heteroatoms. The summed E-state index contributed by atoms with van der Waals surface area (Å²) in [5, 5.41) is 12.4. The van der Waals surface area contributed by atoms with Crippen LogP contribution in [0.3, 0.4) is 0 Å². The molecule has 0 spiro atoms. The van der Waals surface area contributed by atoms with Crippen LogP contribution in [0, 0.1) is 0 Å². The van der Waals surface area contributed by atoms with Crippen LogP contribution in [-0.4, -0.2) is 20.7 Å². The Morgan fingerprint density at radius 2 is 2.08 bits per heavy atom. The number of rotatable bonds is 3. The molecule has 4 rings (SSSR count). The number of carbonyl (C=O) groups is 1. The second-order valence-corrected chi connectivity index (χ2v) is 6.41. The summed E-state index contributed by atoms with van der Waals surface area (Å²) in [4.78, 5) is 18.2. The molecule has 0 saturated heterocycles. The third kappa shape index (κ3) is 2.48. The van der Waals surface area contributed by atoms with E-state index in [0.717, 1.165) is 16.3 Å². The van der Waals surface area contributed by atoms with Gasteiger partial charge < -0.3 is 10.6 Å². The molecule has 2 N–H and O–H groups in total. The lowest BCUT2D eigenvalue weighted by Gasteiger charge is -2.27. The molecule has 2 aromatic heterocycles. The van der Waals surface area contributed by atoms with Crippen molar-refractivity contribution in [3.63, 3.8) is 0 Å². The van der Waals surface area contributed by atoms with Gasteiger partial charge in [-0.25, -0.2) is 4.68 Å². The molecule has 1 amide bonds. The predicted molar refractivity (Wildman–Crippen MR) is 93.9 cm³/mol.